The number of allylic oxidation sites excluding steroid dienone is 1. The van der Waals surface area contributed by atoms with Crippen LogP contribution in [0.25, 0.3) is 28.6 Å². The van der Waals surface area contributed by atoms with Crippen molar-refractivity contribution in [2.45, 2.75) is 13.3 Å². The van der Waals surface area contributed by atoms with Crippen LogP contribution in [-0.2, 0) is 0 Å². The minimum absolute atomic E-state index is 0.102. The number of anilines is 1. The van der Waals surface area contributed by atoms with Gasteiger partial charge < -0.3 is 20.4 Å². The molecule has 11 heteroatoms. The van der Waals surface area contributed by atoms with Crippen LogP contribution in [0.2, 0.25) is 0 Å². The molecule has 0 atom stereocenters. The third-order valence-electron chi connectivity index (χ3n) is 5.14. The van der Waals surface area contributed by atoms with Gasteiger partial charge in [-0.05, 0) is 79.2 Å². The van der Waals surface area contributed by atoms with Crippen LogP contribution in [-0.4, -0.2) is 33.4 Å². The molecule has 4 aromatic rings. The number of amides is 1. The highest BCUT2D eigenvalue weighted by molar-refractivity contribution is 6.04. The molecule has 2 heterocycles. The summed E-state index contributed by atoms with van der Waals surface area (Å²) >= 11 is 0. The zero-order chi connectivity index (χ0) is 26.6. The maximum Gasteiger partial charge on any atom is 0.573 e. The van der Waals surface area contributed by atoms with Gasteiger partial charge in [-0.1, -0.05) is 0 Å². The Balaban J connectivity index is 1.63. The summed E-state index contributed by atoms with van der Waals surface area (Å²) in [4.78, 5) is 24.5. The monoisotopic (exact) mass is 509 g/mol. The highest BCUT2D eigenvalue weighted by atomic mass is 19.4. The van der Waals surface area contributed by atoms with Crippen LogP contribution in [0.15, 0.2) is 66.9 Å². The maximum absolute atomic E-state index is 13.8. The number of imidazole rings is 1. The van der Waals surface area contributed by atoms with E-state index in [0.717, 1.165) is 18.3 Å². The Labute approximate surface area is 208 Å². The number of nitrogens with zero attached hydrogens (tertiary/aromatic N) is 2. The van der Waals surface area contributed by atoms with Crippen molar-refractivity contribution in [2.75, 3.05) is 5.32 Å². The molecule has 0 bridgehead atoms. The average Bonchev–Trinajstić information content (AvgIpc) is 3.28. The Hall–Kier alpha value is -4.80. The molecule has 0 saturated carbocycles. The fourth-order valence-corrected chi connectivity index (χ4v) is 3.47. The maximum atomic E-state index is 13.8. The first kappa shape index (κ1) is 25.3. The van der Waals surface area contributed by atoms with Crippen molar-refractivity contribution in [2.24, 2.45) is 0 Å². The number of ether oxygens (including phenoxy) is 1. The van der Waals surface area contributed by atoms with Crippen LogP contribution in [0.1, 0.15) is 21.7 Å². The lowest BCUT2D eigenvalue weighted by molar-refractivity contribution is -0.274. The van der Waals surface area contributed by atoms with Crippen molar-refractivity contribution in [1.82, 2.24) is 15.0 Å². The van der Waals surface area contributed by atoms with Crippen LogP contribution in [0.4, 0.5) is 23.4 Å². The van der Waals surface area contributed by atoms with Crippen LogP contribution < -0.4 is 10.1 Å². The first-order chi connectivity index (χ1) is 17.6. The lowest BCUT2D eigenvalue weighted by atomic mass is 10.0. The van der Waals surface area contributed by atoms with Crippen molar-refractivity contribution in [1.29, 1.82) is 5.41 Å². The van der Waals surface area contributed by atoms with Crippen LogP contribution in [0, 0.1) is 18.2 Å². The second kappa shape index (κ2) is 10.4. The summed E-state index contributed by atoms with van der Waals surface area (Å²) in [5, 5.41) is 9.82. The molecule has 4 rings (SSSR count). The van der Waals surface area contributed by atoms with Gasteiger partial charge in [0.1, 0.15) is 23.2 Å². The Kier molecular flexibility index (Phi) is 7.14. The van der Waals surface area contributed by atoms with Gasteiger partial charge in [-0.15, -0.1) is 13.2 Å². The second-order valence-electron chi connectivity index (χ2n) is 7.79. The van der Waals surface area contributed by atoms with Gasteiger partial charge in [-0.3, -0.25) is 4.79 Å². The predicted octanol–water partition coefficient (Wildman–Crippen LogP) is 6.40. The zero-order valence-electron chi connectivity index (χ0n) is 19.2. The molecule has 3 N–H and O–H groups in total. The summed E-state index contributed by atoms with van der Waals surface area (Å²) in [7, 11) is 0. The Morgan fingerprint density at radius 1 is 1.08 bits per heavy atom. The molecule has 2 aromatic carbocycles. The van der Waals surface area contributed by atoms with E-state index in [1.54, 1.807) is 37.3 Å². The summed E-state index contributed by atoms with van der Waals surface area (Å²) in [5.41, 5.74) is 2.90. The largest absolute Gasteiger partial charge is 0.573 e. The second-order valence-corrected chi connectivity index (χ2v) is 7.79. The number of halogens is 4. The molecule has 0 fully saturated rings. The summed E-state index contributed by atoms with van der Waals surface area (Å²) in [6, 6.07) is 12.4. The minimum Gasteiger partial charge on any atom is -0.406 e. The van der Waals surface area contributed by atoms with E-state index in [-0.39, 0.29) is 17.2 Å². The Morgan fingerprint density at radius 2 is 1.84 bits per heavy atom. The summed E-state index contributed by atoms with van der Waals surface area (Å²) < 4.78 is 54.7. The number of nitrogens with one attached hydrogen (secondary N) is 3. The molecule has 1 amide bonds. The first-order valence-electron chi connectivity index (χ1n) is 10.8. The van der Waals surface area contributed by atoms with E-state index >= 15 is 0 Å². The van der Waals surface area contributed by atoms with Crippen LogP contribution in [0.5, 0.6) is 5.75 Å². The number of carbonyl (C=O) groups excluding carboxylic acids is 1. The molecule has 2 aromatic heterocycles. The van der Waals surface area contributed by atoms with Gasteiger partial charge in [0.15, 0.2) is 0 Å². The van der Waals surface area contributed by atoms with Gasteiger partial charge in [0.25, 0.3) is 5.91 Å². The van der Waals surface area contributed by atoms with E-state index in [2.05, 4.69) is 25.0 Å². The first-order valence-corrected chi connectivity index (χ1v) is 10.8. The van der Waals surface area contributed by atoms with E-state index < -0.39 is 18.0 Å². The number of aromatic amines is 1. The predicted molar refractivity (Wildman–Crippen MR) is 131 cm³/mol. The number of H-pyrrole nitrogens is 1. The van der Waals surface area contributed by atoms with Gasteiger partial charge >= 0.3 is 6.36 Å². The number of carbonyl (C=O) groups is 1. The lowest BCUT2D eigenvalue weighted by Crippen LogP contribution is -2.17. The van der Waals surface area contributed by atoms with Gasteiger partial charge in [-0.25, -0.2) is 14.4 Å². The molecule has 0 saturated heterocycles. The Morgan fingerprint density at radius 3 is 2.51 bits per heavy atom. The van der Waals surface area contributed by atoms with Gasteiger partial charge in [0.05, 0.1) is 11.4 Å². The molecule has 7 nitrogen and oxygen atoms in total. The number of hydrogen-bond donors (Lipinski definition) is 3. The highest BCUT2D eigenvalue weighted by Crippen LogP contribution is 2.32. The molecule has 0 radical (unpaired) electrons. The van der Waals surface area contributed by atoms with Gasteiger partial charge in [-0.2, -0.15) is 0 Å². The van der Waals surface area contributed by atoms with Crippen molar-refractivity contribution >= 4 is 24.0 Å². The molecule has 188 valence electrons. The SMILES string of the molecule is Cc1cc(-c2nc(/C=C\C=N)[nH]c2-c2ccnc(NC(=O)c3ccc(OC(F)(F)F)cc3)c2)ccc1F. The van der Waals surface area contributed by atoms with Crippen molar-refractivity contribution < 1.29 is 27.1 Å². The smallest absolute Gasteiger partial charge is 0.406 e. The summed E-state index contributed by atoms with van der Waals surface area (Å²) in [6.07, 6.45) is 0.837. The fourth-order valence-electron chi connectivity index (χ4n) is 3.47. The highest BCUT2D eigenvalue weighted by Gasteiger charge is 2.31. The van der Waals surface area contributed by atoms with E-state index in [9.17, 15) is 22.4 Å². The number of aryl methyl sites for hydroxylation is 1. The zero-order valence-corrected chi connectivity index (χ0v) is 19.2. The molecule has 0 spiro atoms. The minimum atomic E-state index is -4.83. The quantitative estimate of drug-likeness (QED) is 0.198. The molecule has 0 aliphatic carbocycles. The van der Waals surface area contributed by atoms with Crippen molar-refractivity contribution in [3.63, 3.8) is 0 Å². The van der Waals surface area contributed by atoms with E-state index in [4.69, 9.17) is 5.41 Å². The normalized spacial score (nSPS) is 11.5. The number of rotatable bonds is 7. The van der Waals surface area contributed by atoms with Crippen molar-refractivity contribution in [3.8, 4) is 28.3 Å². The van der Waals surface area contributed by atoms with Crippen LogP contribution >= 0.6 is 0 Å². The van der Waals surface area contributed by atoms with Crippen LogP contribution in [0.3, 0.4) is 0 Å². The number of aromatic nitrogens is 3. The summed E-state index contributed by atoms with van der Waals surface area (Å²) in [5.74, 6) is -0.738. The lowest BCUT2D eigenvalue weighted by Gasteiger charge is -2.10. The van der Waals surface area contributed by atoms with Gasteiger partial charge in [0, 0.05) is 29.1 Å². The molecule has 0 aliphatic rings. The third kappa shape index (κ3) is 6.26. The van der Waals surface area contributed by atoms with E-state index in [0.29, 0.717) is 33.9 Å². The number of pyridine rings is 1. The molecule has 0 unspecified atom stereocenters. The number of hydrogen-bond acceptors (Lipinski definition) is 5. The molecular formula is C26H19F4N5O2. The number of alkyl halides is 3. The standard InChI is InChI=1S/C26H19F4N5O2/c1-15-13-17(6-9-20(15)27)23-24(34-21(33-23)3-2-11-31)18-10-12-32-22(14-18)35-25(36)16-4-7-19(8-5-16)37-26(28,29)30/h2-14,31H,1H3,(H,33,34)(H,32,35,36)/b3-2-,31-11?. The molecular weight excluding hydrogens is 490 g/mol. The topological polar surface area (TPSA) is 104 Å². The Bertz CT molecular complexity index is 1480. The number of benzene rings is 2. The average molecular weight is 509 g/mol. The molecule has 0 aliphatic heterocycles. The fraction of sp³-hybridized carbons (Fsp3) is 0.0769. The van der Waals surface area contributed by atoms with Crippen molar-refractivity contribution in [3.05, 3.63) is 89.6 Å². The van der Waals surface area contributed by atoms with Gasteiger partial charge in [0.2, 0.25) is 0 Å². The molecule has 37 heavy (non-hydrogen) atoms. The van der Waals surface area contributed by atoms with E-state index in [1.807, 2.05) is 0 Å². The third-order valence-corrected chi connectivity index (χ3v) is 5.14. The summed E-state index contributed by atoms with van der Waals surface area (Å²) in [6.45, 7) is 1.64. The van der Waals surface area contributed by atoms with E-state index in [1.165, 1.54) is 30.5 Å².